The van der Waals surface area contributed by atoms with Crippen LogP contribution in [0.15, 0.2) is 120 Å². The summed E-state index contributed by atoms with van der Waals surface area (Å²) in [6.07, 6.45) is 21.4. The van der Waals surface area contributed by atoms with Crippen LogP contribution in [0.3, 0.4) is 0 Å². The third-order valence-corrected chi connectivity index (χ3v) is 23.7. The van der Waals surface area contributed by atoms with Crippen LogP contribution in [-0.2, 0) is 53.1 Å². The van der Waals surface area contributed by atoms with E-state index in [1.54, 1.807) is 24.3 Å². The second-order valence-electron chi connectivity index (χ2n) is 30.8. The van der Waals surface area contributed by atoms with Crippen molar-refractivity contribution in [1.82, 2.24) is 0 Å². The van der Waals surface area contributed by atoms with E-state index in [1.807, 2.05) is 0 Å². The smallest absolute Gasteiger partial charge is 0.172 e. The first kappa shape index (κ1) is 84.4. The molecule has 0 amide bonds. The number of halogens is 2. The molecular weight excluding hydrogens is 1520 g/mol. The number of Topliss-reactive ketones (excluding diaryl/α,β-unsaturated/α-hetero) is 2. The Hall–Kier alpha value is -5.59. The number of hydrogen-bond acceptors (Lipinski definition) is 16. The molecular formula is C88H116BrIO16. The number of aromatic hydroxyl groups is 4. The highest BCUT2D eigenvalue weighted by Gasteiger charge is 2.47. The fourth-order valence-corrected chi connectivity index (χ4v) is 17.0. The first-order valence-electron chi connectivity index (χ1n) is 38.5. The Balaban J connectivity index is 0.000000144. The van der Waals surface area contributed by atoms with Crippen molar-refractivity contribution in [1.29, 1.82) is 0 Å². The molecule has 10 aliphatic rings. The molecule has 0 aromatic heterocycles. The van der Waals surface area contributed by atoms with Gasteiger partial charge in [-0.25, -0.2) is 0 Å². The van der Waals surface area contributed by atoms with Crippen molar-refractivity contribution in [3.63, 3.8) is 0 Å². The van der Waals surface area contributed by atoms with Crippen molar-refractivity contribution in [3.05, 3.63) is 192 Å². The molecule has 4 spiro atoms. The summed E-state index contributed by atoms with van der Waals surface area (Å²) >= 11 is 3.43. The monoisotopic (exact) mass is 1630 g/mol. The topological polar surface area (TPSA) is 229 Å². The number of aryl methyl sites for hydroxylation is 8. The van der Waals surface area contributed by atoms with Crippen LogP contribution < -0.4 is 0 Å². The van der Waals surface area contributed by atoms with Crippen molar-refractivity contribution in [2.75, 3.05) is 52.9 Å². The zero-order valence-corrected chi connectivity index (χ0v) is 67.7. The molecule has 0 unspecified atom stereocenters. The van der Waals surface area contributed by atoms with Crippen LogP contribution in [0.2, 0.25) is 0 Å². The number of ether oxygens (including phenoxy) is 8. The highest BCUT2D eigenvalue weighted by molar-refractivity contribution is 14.0. The van der Waals surface area contributed by atoms with Gasteiger partial charge < -0.3 is 68.5 Å². The van der Waals surface area contributed by atoms with Crippen LogP contribution in [0.4, 0.5) is 0 Å². The van der Waals surface area contributed by atoms with Crippen LogP contribution in [-0.4, -0.2) is 124 Å². The van der Waals surface area contributed by atoms with E-state index in [9.17, 15) is 35.1 Å². The number of ketones is 2. The first-order valence-corrected chi connectivity index (χ1v) is 39.3. The molecule has 4 aliphatic heterocycles. The molecule has 4 saturated heterocycles. The van der Waals surface area contributed by atoms with Crippen LogP contribution in [0, 0.1) is 55.4 Å². The van der Waals surface area contributed by atoms with Gasteiger partial charge in [0.25, 0.3) is 0 Å². The second kappa shape index (κ2) is 38.9. The Bertz CT molecular complexity index is 3850. The van der Waals surface area contributed by atoms with Gasteiger partial charge in [0.15, 0.2) is 23.1 Å². The maximum Gasteiger partial charge on any atom is 0.172 e. The number of carbonyl (C=O) groups excluding carboxylic acids is 2. The van der Waals surface area contributed by atoms with Crippen molar-refractivity contribution in [3.8, 4) is 23.0 Å². The normalized spacial score (nSPS) is 22.9. The maximum atomic E-state index is 11.1. The van der Waals surface area contributed by atoms with Crippen molar-refractivity contribution in [2.45, 2.75) is 256 Å². The number of benzene rings is 6. The van der Waals surface area contributed by atoms with Crippen LogP contribution in [0.5, 0.6) is 23.0 Å². The Morgan fingerprint density at radius 2 is 0.774 bits per heavy atom. The molecule has 9 fully saturated rings. The fourth-order valence-electron chi connectivity index (χ4n) is 16.7. The van der Waals surface area contributed by atoms with Gasteiger partial charge in [-0.05, 0) is 218 Å². The third-order valence-electron chi connectivity index (χ3n) is 22.8. The van der Waals surface area contributed by atoms with Crippen molar-refractivity contribution < 1.29 is 78.1 Å². The van der Waals surface area contributed by atoms with Gasteiger partial charge >= 0.3 is 0 Å². The van der Waals surface area contributed by atoms with E-state index in [0.717, 1.165) is 139 Å². The van der Waals surface area contributed by atoms with Crippen LogP contribution >= 0.6 is 39.9 Å². The summed E-state index contributed by atoms with van der Waals surface area (Å²) in [5, 5.41) is 58.0. The van der Waals surface area contributed by atoms with Gasteiger partial charge in [0.1, 0.15) is 34.6 Å². The molecule has 5 saturated carbocycles. The predicted octanol–water partition coefficient (Wildman–Crippen LogP) is 19.1. The minimum atomic E-state index is -0.724. The second-order valence-corrected chi connectivity index (χ2v) is 31.6. The molecule has 6 aromatic carbocycles. The lowest BCUT2D eigenvalue weighted by Crippen LogP contribution is -2.42. The number of aliphatic hydroxyl groups is 2. The lowest BCUT2D eigenvalue weighted by Gasteiger charge is -2.41. The van der Waals surface area contributed by atoms with E-state index in [1.165, 1.54) is 90.7 Å². The Kier molecular flexibility index (Phi) is 30.9. The molecule has 4 heterocycles. The molecule has 0 atom stereocenters. The standard InChI is InChI=1S/C16H22O3.C16H22O2.C16H20O2.C12H16O3.C12H14O3.C8H9Br.C8H12O3.HI/c1-12-3-4-14(13(2)11-12)15(17)5-7-16(8-6-15)18-9-10-19-16;2*1-12-3-4-15(13(2)11-12)14-5-7-16(8-6-14)17-9-10-18-16;2*13-9-3-1-8(2-4-9)11-6-5-10(14)7-12(11)15;1-6-3-4-8(9)7(2)5-6;9-7-1-3-8(4-2-7)10-5-6-11-8;/h3-4,11,17H,5-10H2,1-2H3;3-4,11,14H,5-10H2,1-2H3;3-5,11H,6-10H2,1-2H3;5-9,13-15H,1-4H2;5-8,14-15H,1-4H2;3-5H,1-2H3;1-6H2;1H. The zero-order chi connectivity index (χ0) is 74.9. The molecule has 0 bridgehead atoms. The number of rotatable bonds is 5. The first-order chi connectivity index (χ1) is 50.2. The minimum Gasteiger partial charge on any atom is -0.508 e. The molecule has 578 valence electrons. The summed E-state index contributed by atoms with van der Waals surface area (Å²) in [6, 6.07) is 35.5. The number of phenolic OH excluding ortho intramolecular Hbond substituents is 4. The van der Waals surface area contributed by atoms with Gasteiger partial charge in [-0.3, -0.25) is 9.59 Å². The predicted molar refractivity (Wildman–Crippen MR) is 427 cm³/mol. The van der Waals surface area contributed by atoms with E-state index < -0.39 is 11.4 Å². The van der Waals surface area contributed by atoms with Gasteiger partial charge in [0, 0.05) is 93.7 Å². The van der Waals surface area contributed by atoms with Gasteiger partial charge in [-0.1, -0.05) is 123 Å². The van der Waals surface area contributed by atoms with E-state index in [-0.39, 0.29) is 76.4 Å². The summed E-state index contributed by atoms with van der Waals surface area (Å²) in [4.78, 5) is 22.0. The SMILES string of the molecule is Cc1ccc(Br)c(C)c1.Cc1ccc(C2(O)CCC3(CC2)OCCO3)c(C)c1.Cc1ccc(C2=CCC3(CC2)OCCO3)c(C)c1.Cc1ccc(C2CCC3(CC2)OCCO3)c(C)c1.I.O=C1CCC(c2ccc(O)cc2O)CC1.O=C1CCC2(CC1)OCCO2.Oc1ccc(C2CCC(O)CC2)c(O)c1. The average molecular weight is 1640 g/mol. The summed E-state index contributed by atoms with van der Waals surface area (Å²) < 4.78 is 46.6. The molecule has 106 heavy (non-hydrogen) atoms. The largest absolute Gasteiger partial charge is 0.508 e. The van der Waals surface area contributed by atoms with Crippen LogP contribution in [0.1, 0.15) is 238 Å². The van der Waals surface area contributed by atoms with Gasteiger partial charge in [-0.2, -0.15) is 0 Å². The maximum absolute atomic E-state index is 11.1. The number of phenols is 4. The zero-order valence-electron chi connectivity index (χ0n) is 63.8. The Morgan fingerprint density at radius 1 is 0.377 bits per heavy atom. The van der Waals surface area contributed by atoms with Gasteiger partial charge in [-0.15, -0.1) is 24.0 Å². The molecule has 16 rings (SSSR count). The molecule has 18 heteroatoms. The van der Waals surface area contributed by atoms with Crippen molar-refractivity contribution in [2.24, 2.45) is 0 Å². The number of carbonyl (C=O) groups is 2. The Labute approximate surface area is 654 Å². The van der Waals surface area contributed by atoms with Crippen molar-refractivity contribution >= 4 is 57.0 Å². The van der Waals surface area contributed by atoms with E-state index in [4.69, 9.17) is 43.0 Å². The number of hydrogen-bond donors (Lipinski definition) is 6. The molecule has 16 nitrogen and oxygen atoms in total. The molecule has 6 N–H and O–H groups in total. The quantitative estimate of drug-likeness (QED) is 0.0882. The summed E-state index contributed by atoms with van der Waals surface area (Å²) in [5.74, 6) is 1.05. The lowest BCUT2D eigenvalue weighted by molar-refractivity contribution is -0.204. The van der Waals surface area contributed by atoms with Gasteiger partial charge in [0.05, 0.1) is 64.6 Å². The summed E-state index contributed by atoms with van der Waals surface area (Å²) in [5.41, 5.74) is 16.9. The number of aliphatic hydroxyl groups excluding tert-OH is 1. The summed E-state index contributed by atoms with van der Waals surface area (Å²) in [7, 11) is 0. The van der Waals surface area contributed by atoms with E-state index in [0.29, 0.717) is 88.4 Å². The van der Waals surface area contributed by atoms with E-state index >= 15 is 0 Å². The minimum absolute atomic E-state index is 0. The highest BCUT2D eigenvalue weighted by atomic mass is 127. The van der Waals surface area contributed by atoms with E-state index in [2.05, 4.69) is 150 Å². The lowest BCUT2D eigenvalue weighted by atomic mass is 9.75. The Morgan fingerprint density at radius 3 is 1.23 bits per heavy atom. The third kappa shape index (κ3) is 23.2. The number of allylic oxidation sites excluding steroid dienone is 1. The van der Waals surface area contributed by atoms with Crippen LogP contribution in [0.25, 0.3) is 5.57 Å². The summed E-state index contributed by atoms with van der Waals surface area (Å²) in [6.45, 7) is 22.8. The molecule has 6 aromatic rings. The molecule has 0 radical (unpaired) electrons. The molecule has 6 aliphatic carbocycles. The fraction of sp³-hybridized carbons (Fsp3) is 0.545. The highest BCUT2D eigenvalue weighted by Crippen LogP contribution is 2.48. The average Bonchev–Trinajstić information content (AvgIpc) is 1.24. The van der Waals surface area contributed by atoms with Gasteiger partial charge in [0.2, 0.25) is 0 Å².